The van der Waals surface area contributed by atoms with Crippen LogP contribution in [-0.2, 0) is 4.74 Å². The van der Waals surface area contributed by atoms with Crippen LogP contribution in [-0.4, -0.2) is 69.8 Å². The molecule has 2 N–H and O–H groups in total. The Kier molecular flexibility index (Phi) is 5.13. The molecule has 0 radical (unpaired) electrons. The van der Waals surface area contributed by atoms with Crippen LogP contribution in [0.1, 0.15) is 50.5 Å². The SMILES string of the molecule is Cc1nc2ccc(C3=CCC4C3(C)CC(C(F)(F)F)=C3C=C5C(O)C(O)C(N(C)C)CC56CCC34O6)cc2o1. The Morgan fingerprint density at radius 2 is 1.92 bits per heavy atom. The lowest BCUT2D eigenvalue weighted by Crippen LogP contribution is -2.62. The van der Waals surface area contributed by atoms with Gasteiger partial charge in [-0.05, 0) is 80.6 Å². The number of aliphatic hydroxyl groups excluding tert-OH is 2. The maximum absolute atomic E-state index is 14.9. The minimum Gasteiger partial charge on any atom is -0.441 e. The normalized spacial score (nSPS) is 39.5. The molecule has 3 aliphatic carbocycles. The van der Waals surface area contributed by atoms with Crippen molar-refractivity contribution in [3.05, 3.63) is 58.5 Å². The molecule has 1 saturated heterocycles. The predicted octanol–water partition coefficient (Wildman–Crippen LogP) is 5.09. The van der Waals surface area contributed by atoms with Gasteiger partial charge in [0.05, 0.1) is 17.3 Å². The van der Waals surface area contributed by atoms with Gasteiger partial charge in [-0.15, -0.1) is 0 Å². The van der Waals surface area contributed by atoms with E-state index in [0.29, 0.717) is 42.7 Å². The number of allylic oxidation sites excluding steroid dienone is 3. The predicted molar refractivity (Wildman–Crippen MR) is 139 cm³/mol. The molecule has 208 valence electrons. The lowest BCUT2D eigenvalue weighted by atomic mass is 9.56. The second-order valence-corrected chi connectivity index (χ2v) is 12.6. The fourth-order valence-electron chi connectivity index (χ4n) is 8.58. The second kappa shape index (κ2) is 7.84. The average Bonchev–Trinajstić information content (AvgIpc) is 3.50. The minimum absolute atomic E-state index is 0.145. The van der Waals surface area contributed by atoms with Crippen LogP contribution in [0.5, 0.6) is 0 Å². The molecule has 2 aliphatic heterocycles. The van der Waals surface area contributed by atoms with Crippen molar-refractivity contribution in [2.75, 3.05) is 14.1 Å². The summed E-state index contributed by atoms with van der Waals surface area (Å²) < 4.78 is 57.3. The van der Waals surface area contributed by atoms with Crippen molar-refractivity contribution in [2.24, 2.45) is 11.3 Å². The molecule has 1 aromatic carbocycles. The Bertz CT molecular complexity index is 1490. The molecule has 2 aromatic rings. The standard InChI is InChI=1S/C30H33F3N2O4/c1-15-34-21-7-5-16(11-23(21)38-15)17-6-8-24-27(17,2)13-20(30(31,32)33)18-12-19-25(36)26(37)22(35(3)4)14-28(19)9-10-29(18,24)39-28/h5-7,11-12,22,24-26,36-37H,8-10,13-14H2,1-4H3. The molecule has 6 nitrogen and oxygen atoms in total. The summed E-state index contributed by atoms with van der Waals surface area (Å²) in [5.74, 6) is 0.340. The molecular formula is C30H33F3N2O4. The topological polar surface area (TPSA) is 79.0 Å². The molecule has 3 heterocycles. The van der Waals surface area contributed by atoms with Crippen LogP contribution in [0, 0.1) is 18.3 Å². The van der Waals surface area contributed by atoms with Gasteiger partial charge in [0, 0.05) is 29.9 Å². The smallest absolute Gasteiger partial charge is 0.413 e. The number of ether oxygens (including phenoxy) is 1. The van der Waals surface area contributed by atoms with Crippen molar-refractivity contribution in [1.82, 2.24) is 9.88 Å². The van der Waals surface area contributed by atoms with E-state index >= 15 is 0 Å². The summed E-state index contributed by atoms with van der Waals surface area (Å²) >= 11 is 0. The molecule has 9 heteroatoms. The third-order valence-corrected chi connectivity index (χ3v) is 10.3. The fourth-order valence-corrected chi connectivity index (χ4v) is 8.58. The zero-order valence-corrected chi connectivity index (χ0v) is 22.5. The van der Waals surface area contributed by atoms with E-state index < -0.39 is 40.6 Å². The monoisotopic (exact) mass is 542 g/mol. The Morgan fingerprint density at radius 3 is 2.64 bits per heavy atom. The minimum atomic E-state index is -4.57. The first kappa shape index (κ1) is 25.5. The number of hydrogen-bond donors (Lipinski definition) is 2. The van der Waals surface area contributed by atoms with Crippen LogP contribution in [0.4, 0.5) is 13.2 Å². The van der Waals surface area contributed by atoms with E-state index in [9.17, 15) is 23.4 Å². The molecule has 39 heavy (non-hydrogen) atoms. The maximum atomic E-state index is 14.9. The van der Waals surface area contributed by atoms with Crippen LogP contribution in [0.25, 0.3) is 16.7 Å². The van der Waals surface area contributed by atoms with Crippen molar-refractivity contribution in [3.63, 3.8) is 0 Å². The van der Waals surface area contributed by atoms with E-state index in [-0.39, 0.29) is 24.0 Å². The molecule has 7 rings (SSSR count). The van der Waals surface area contributed by atoms with Gasteiger partial charge in [0.2, 0.25) is 0 Å². The van der Waals surface area contributed by atoms with Crippen LogP contribution >= 0.6 is 0 Å². The Balaban J connectivity index is 1.39. The second-order valence-electron chi connectivity index (χ2n) is 12.6. The zero-order chi connectivity index (χ0) is 27.7. The van der Waals surface area contributed by atoms with E-state index in [0.717, 1.165) is 16.7 Å². The van der Waals surface area contributed by atoms with Gasteiger partial charge in [-0.1, -0.05) is 25.1 Å². The summed E-state index contributed by atoms with van der Waals surface area (Å²) in [4.78, 5) is 6.23. The van der Waals surface area contributed by atoms with Gasteiger partial charge in [-0.3, -0.25) is 0 Å². The lowest BCUT2D eigenvalue weighted by molar-refractivity contribution is -0.170. The summed E-state index contributed by atoms with van der Waals surface area (Å²) in [6, 6.07) is 5.29. The first-order valence-corrected chi connectivity index (χ1v) is 13.6. The number of alkyl halides is 3. The van der Waals surface area contributed by atoms with E-state index in [1.54, 1.807) is 13.0 Å². The zero-order valence-electron chi connectivity index (χ0n) is 22.5. The third-order valence-electron chi connectivity index (χ3n) is 10.3. The number of fused-ring (bicyclic) bond motifs is 2. The highest BCUT2D eigenvalue weighted by Crippen LogP contribution is 2.70. The van der Waals surface area contributed by atoms with Crippen LogP contribution in [0.15, 0.2) is 51.5 Å². The molecule has 1 saturated carbocycles. The number of halogens is 3. The number of aliphatic hydroxyl groups is 2. The van der Waals surface area contributed by atoms with E-state index in [4.69, 9.17) is 9.15 Å². The first-order chi connectivity index (χ1) is 18.3. The van der Waals surface area contributed by atoms with Gasteiger partial charge >= 0.3 is 6.18 Å². The number of aromatic nitrogens is 1. The molecule has 7 unspecified atom stereocenters. The molecule has 2 spiro atoms. The number of nitrogens with zero attached hydrogens (tertiary/aromatic N) is 2. The average molecular weight is 543 g/mol. The highest BCUT2D eigenvalue weighted by molar-refractivity contribution is 5.82. The summed E-state index contributed by atoms with van der Waals surface area (Å²) in [6.45, 7) is 3.72. The lowest BCUT2D eigenvalue weighted by Gasteiger charge is -2.57. The van der Waals surface area contributed by atoms with Crippen molar-refractivity contribution >= 4 is 16.7 Å². The number of benzene rings is 1. The quantitative estimate of drug-likeness (QED) is 0.551. The molecule has 2 bridgehead atoms. The van der Waals surface area contributed by atoms with Crippen molar-refractivity contribution in [2.45, 2.75) is 81.6 Å². The number of aryl methyl sites for hydroxylation is 1. The molecule has 0 amide bonds. The van der Waals surface area contributed by atoms with E-state index in [2.05, 4.69) is 11.1 Å². The largest absolute Gasteiger partial charge is 0.441 e. The summed E-state index contributed by atoms with van der Waals surface area (Å²) in [5, 5.41) is 22.0. The third kappa shape index (κ3) is 3.27. The van der Waals surface area contributed by atoms with Crippen LogP contribution < -0.4 is 0 Å². The van der Waals surface area contributed by atoms with Gasteiger partial charge in [0.25, 0.3) is 0 Å². The van der Waals surface area contributed by atoms with Gasteiger partial charge in [0.15, 0.2) is 11.5 Å². The van der Waals surface area contributed by atoms with Gasteiger partial charge in [0.1, 0.15) is 11.6 Å². The number of likely N-dealkylation sites (N-methyl/N-ethyl adjacent to an activating group) is 1. The van der Waals surface area contributed by atoms with E-state index in [1.807, 2.05) is 44.1 Å². The molecule has 5 aliphatic rings. The molecule has 1 aromatic heterocycles. The highest BCUT2D eigenvalue weighted by atomic mass is 19.4. The van der Waals surface area contributed by atoms with E-state index in [1.165, 1.54) is 0 Å². The highest BCUT2D eigenvalue weighted by Gasteiger charge is 2.69. The summed E-state index contributed by atoms with van der Waals surface area (Å²) in [5.41, 5.74) is 0.159. The molecule has 7 atom stereocenters. The van der Waals surface area contributed by atoms with Crippen molar-refractivity contribution in [1.29, 1.82) is 0 Å². The summed E-state index contributed by atoms with van der Waals surface area (Å²) in [7, 11) is 3.68. The van der Waals surface area contributed by atoms with Crippen molar-refractivity contribution < 1.29 is 32.5 Å². The number of rotatable bonds is 2. The Morgan fingerprint density at radius 1 is 1.15 bits per heavy atom. The van der Waals surface area contributed by atoms with Crippen molar-refractivity contribution in [3.8, 4) is 0 Å². The fraction of sp³-hybridized carbons (Fsp3) is 0.567. The Labute approximate surface area is 224 Å². The Hall–Kier alpha value is -2.46. The number of hydrogen-bond acceptors (Lipinski definition) is 6. The number of oxazole rings is 1. The van der Waals surface area contributed by atoms with Crippen LogP contribution in [0.2, 0.25) is 0 Å². The summed E-state index contributed by atoms with van der Waals surface area (Å²) in [6.07, 6.45) is -1.55. The molecular weight excluding hydrogens is 509 g/mol. The molecule has 2 fully saturated rings. The van der Waals surface area contributed by atoms with Gasteiger partial charge < -0.3 is 24.3 Å². The van der Waals surface area contributed by atoms with Gasteiger partial charge in [-0.2, -0.15) is 13.2 Å². The first-order valence-electron chi connectivity index (χ1n) is 13.6. The van der Waals surface area contributed by atoms with Gasteiger partial charge in [-0.25, -0.2) is 4.98 Å². The maximum Gasteiger partial charge on any atom is 0.413 e. The van der Waals surface area contributed by atoms with Crippen LogP contribution in [0.3, 0.4) is 0 Å².